The van der Waals surface area contributed by atoms with Gasteiger partial charge in [0.25, 0.3) is 0 Å². The van der Waals surface area contributed by atoms with Crippen LogP contribution in [0.5, 0.6) is 0 Å². The van der Waals surface area contributed by atoms with E-state index in [9.17, 15) is 0 Å². The molecule has 86 valence electrons. The fraction of sp³-hybridized carbons (Fsp3) is 0.909. The fourth-order valence-electron chi connectivity index (χ4n) is 1.51. The Morgan fingerprint density at radius 1 is 1.53 bits per heavy atom. The summed E-state index contributed by atoms with van der Waals surface area (Å²) in [5.74, 6) is 0. The molecule has 1 atom stereocenters. The van der Waals surface area contributed by atoms with E-state index in [1.165, 1.54) is 0 Å². The quantitative estimate of drug-likeness (QED) is 0.740. The lowest BCUT2D eigenvalue weighted by Gasteiger charge is -2.25. The number of nitriles is 1. The van der Waals surface area contributed by atoms with Gasteiger partial charge in [-0.1, -0.05) is 0 Å². The molecule has 1 aliphatic heterocycles. The summed E-state index contributed by atoms with van der Waals surface area (Å²) in [4.78, 5) is 0. The summed E-state index contributed by atoms with van der Waals surface area (Å²) in [6.07, 6.45) is 2.99. The van der Waals surface area contributed by atoms with Crippen LogP contribution in [0.1, 0.15) is 26.2 Å². The molecule has 1 fully saturated rings. The molecule has 0 amide bonds. The van der Waals surface area contributed by atoms with Crippen molar-refractivity contribution < 1.29 is 9.47 Å². The Morgan fingerprint density at radius 2 is 2.20 bits per heavy atom. The largest absolute Gasteiger partial charge is 0.381 e. The Hall–Kier alpha value is -0.630. The second-order valence-corrected chi connectivity index (χ2v) is 4.13. The van der Waals surface area contributed by atoms with Crippen molar-refractivity contribution >= 4 is 0 Å². The molecular formula is C11H20N2O2. The molecule has 4 nitrogen and oxygen atoms in total. The standard InChI is InChI=1S/C11H20N2O2/c1-11(9-12,13-2)5-8-15-10-3-6-14-7-4-10/h10,13H,3-8H2,1-2H3. The number of hydrogen-bond donors (Lipinski definition) is 1. The zero-order chi connectivity index (χ0) is 11.1. The number of nitrogens with zero attached hydrogens (tertiary/aromatic N) is 1. The molecule has 0 aliphatic carbocycles. The first-order chi connectivity index (χ1) is 7.20. The van der Waals surface area contributed by atoms with Gasteiger partial charge >= 0.3 is 0 Å². The van der Waals surface area contributed by atoms with Crippen LogP contribution < -0.4 is 5.32 Å². The van der Waals surface area contributed by atoms with E-state index in [-0.39, 0.29) is 0 Å². The Kier molecular flexibility index (Phi) is 5.03. The number of nitrogens with one attached hydrogen (secondary N) is 1. The predicted molar refractivity (Wildman–Crippen MR) is 57.5 cm³/mol. The summed E-state index contributed by atoms with van der Waals surface area (Å²) in [5, 5.41) is 11.9. The average Bonchev–Trinajstić information content (AvgIpc) is 2.30. The van der Waals surface area contributed by atoms with Gasteiger partial charge in [0.05, 0.1) is 12.2 Å². The van der Waals surface area contributed by atoms with Gasteiger partial charge in [-0.15, -0.1) is 0 Å². The molecule has 0 aromatic heterocycles. The summed E-state index contributed by atoms with van der Waals surface area (Å²) in [7, 11) is 1.80. The van der Waals surface area contributed by atoms with Crippen LogP contribution >= 0.6 is 0 Å². The minimum absolute atomic E-state index is 0.318. The summed E-state index contributed by atoms with van der Waals surface area (Å²) in [6.45, 7) is 4.12. The molecule has 4 heteroatoms. The third-order valence-electron chi connectivity index (χ3n) is 2.92. The normalized spacial score (nSPS) is 21.9. The van der Waals surface area contributed by atoms with Gasteiger partial charge in [-0.25, -0.2) is 0 Å². The zero-order valence-corrected chi connectivity index (χ0v) is 9.58. The van der Waals surface area contributed by atoms with Crippen molar-refractivity contribution in [2.75, 3.05) is 26.9 Å². The SMILES string of the molecule is CNC(C)(C#N)CCOC1CCOCC1. The van der Waals surface area contributed by atoms with Gasteiger partial charge in [0, 0.05) is 26.2 Å². The van der Waals surface area contributed by atoms with Crippen LogP contribution in [0.15, 0.2) is 0 Å². The second kappa shape index (κ2) is 6.06. The Balaban J connectivity index is 2.17. The van der Waals surface area contributed by atoms with E-state index in [1.807, 2.05) is 6.92 Å². The maximum Gasteiger partial charge on any atom is 0.105 e. The van der Waals surface area contributed by atoms with Gasteiger partial charge in [-0.3, -0.25) is 0 Å². The Labute approximate surface area is 91.6 Å². The van der Waals surface area contributed by atoms with Crippen LogP contribution in [0.2, 0.25) is 0 Å². The van der Waals surface area contributed by atoms with Gasteiger partial charge in [0.15, 0.2) is 0 Å². The molecule has 0 spiro atoms. The zero-order valence-electron chi connectivity index (χ0n) is 9.58. The summed E-state index contributed by atoms with van der Waals surface area (Å²) >= 11 is 0. The maximum absolute atomic E-state index is 8.93. The molecule has 0 saturated carbocycles. The van der Waals surface area contributed by atoms with E-state index < -0.39 is 5.54 Å². The van der Waals surface area contributed by atoms with Gasteiger partial charge in [-0.05, 0) is 26.8 Å². The average molecular weight is 212 g/mol. The van der Waals surface area contributed by atoms with E-state index in [0.29, 0.717) is 12.7 Å². The van der Waals surface area contributed by atoms with Crippen molar-refractivity contribution in [1.29, 1.82) is 5.26 Å². The first-order valence-corrected chi connectivity index (χ1v) is 5.50. The minimum Gasteiger partial charge on any atom is -0.381 e. The summed E-state index contributed by atoms with van der Waals surface area (Å²) in [6, 6.07) is 2.25. The smallest absolute Gasteiger partial charge is 0.105 e. The Bertz CT molecular complexity index is 221. The number of rotatable bonds is 5. The topological polar surface area (TPSA) is 54.3 Å². The first-order valence-electron chi connectivity index (χ1n) is 5.50. The second-order valence-electron chi connectivity index (χ2n) is 4.13. The van der Waals surface area contributed by atoms with Crippen LogP contribution in [0.25, 0.3) is 0 Å². The molecule has 0 radical (unpaired) electrons. The molecule has 1 saturated heterocycles. The van der Waals surface area contributed by atoms with Crippen molar-refractivity contribution in [2.45, 2.75) is 37.8 Å². The lowest BCUT2D eigenvalue weighted by atomic mass is 10.0. The van der Waals surface area contributed by atoms with Crippen molar-refractivity contribution in [3.8, 4) is 6.07 Å². The first kappa shape index (κ1) is 12.4. The highest BCUT2D eigenvalue weighted by atomic mass is 16.5. The fourth-order valence-corrected chi connectivity index (χ4v) is 1.51. The van der Waals surface area contributed by atoms with Crippen molar-refractivity contribution in [3.63, 3.8) is 0 Å². The van der Waals surface area contributed by atoms with Crippen molar-refractivity contribution in [3.05, 3.63) is 0 Å². The molecule has 1 heterocycles. The Morgan fingerprint density at radius 3 is 2.73 bits per heavy atom. The van der Waals surface area contributed by atoms with Crippen LogP contribution in [0.3, 0.4) is 0 Å². The van der Waals surface area contributed by atoms with E-state index in [4.69, 9.17) is 14.7 Å². The lowest BCUT2D eigenvalue weighted by Crippen LogP contribution is -2.39. The summed E-state index contributed by atoms with van der Waals surface area (Å²) < 4.78 is 11.0. The molecule has 1 N–H and O–H groups in total. The van der Waals surface area contributed by atoms with Gasteiger partial charge < -0.3 is 14.8 Å². The van der Waals surface area contributed by atoms with E-state index >= 15 is 0 Å². The molecule has 1 rings (SSSR count). The van der Waals surface area contributed by atoms with Crippen molar-refractivity contribution in [1.82, 2.24) is 5.32 Å². The summed E-state index contributed by atoms with van der Waals surface area (Å²) in [5.41, 5.74) is -0.467. The highest BCUT2D eigenvalue weighted by molar-refractivity contribution is 5.02. The highest BCUT2D eigenvalue weighted by Gasteiger charge is 2.22. The van der Waals surface area contributed by atoms with Crippen LogP contribution in [-0.4, -0.2) is 38.5 Å². The molecule has 0 aromatic rings. The predicted octanol–water partition coefficient (Wildman–Crippen LogP) is 1.07. The minimum atomic E-state index is -0.467. The third-order valence-corrected chi connectivity index (χ3v) is 2.92. The third kappa shape index (κ3) is 4.17. The molecule has 0 bridgehead atoms. The molecular weight excluding hydrogens is 192 g/mol. The van der Waals surface area contributed by atoms with E-state index in [0.717, 1.165) is 32.5 Å². The number of ether oxygens (including phenoxy) is 2. The van der Waals surface area contributed by atoms with Crippen LogP contribution in [-0.2, 0) is 9.47 Å². The van der Waals surface area contributed by atoms with Crippen LogP contribution in [0, 0.1) is 11.3 Å². The molecule has 0 aromatic carbocycles. The van der Waals surface area contributed by atoms with E-state index in [1.54, 1.807) is 7.05 Å². The van der Waals surface area contributed by atoms with Gasteiger partial charge in [-0.2, -0.15) is 5.26 Å². The highest BCUT2D eigenvalue weighted by Crippen LogP contribution is 2.13. The monoisotopic (exact) mass is 212 g/mol. The molecule has 1 unspecified atom stereocenters. The van der Waals surface area contributed by atoms with Crippen LogP contribution in [0.4, 0.5) is 0 Å². The number of hydrogen-bond acceptors (Lipinski definition) is 4. The molecule has 1 aliphatic rings. The van der Waals surface area contributed by atoms with Gasteiger partial charge in [0.1, 0.15) is 5.54 Å². The maximum atomic E-state index is 8.93. The lowest BCUT2D eigenvalue weighted by molar-refractivity contribution is -0.0350. The van der Waals surface area contributed by atoms with E-state index in [2.05, 4.69) is 11.4 Å². The van der Waals surface area contributed by atoms with Crippen molar-refractivity contribution in [2.24, 2.45) is 0 Å². The molecule has 15 heavy (non-hydrogen) atoms. The van der Waals surface area contributed by atoms with Gasteiger partial charge in [0.2, 0.25) is 0 Å².